The molecule has 0 fully saturated rings. The lowest BCUT2D eigenvalue weighted by Gasteiger charge is -2.12. The average molecular weight is 304 g/mol. The molecule has 0 saturated carbocycles. The highest BCUT2D eigenvalue weighted by Crippen LogP contribution is 2.32. The minimum Gasteiger partial charge on any atom is -0.456 e. The van der Waals surface area contributed by atoms with Gasteiger partial charge in [-0.25, -0.2) is 0 Å². The molecule has 0 aliphatic rings. The number of benzene rings is 2. The molecule has 23 heavy (non-hydrogen) atoms. The predicted molar refractivity (Wildman–Crippen MR) is 87.2 cm³/mol. The van der Waals surface area contributed by atoms with Gasteiger partial charge in [0.05, 0.1) is 5.52 Å². The number of ether oxygens (including phenoxy) is 1. The first-order chi connectivity index (χ1) is 11.2. The zero-order chi connectivity index (χ0) is 16.2. The van der Waals surface area contributed by atoms with Crippen LogP contribution in [0.5, 0.6) is 11.5 Å². The molecular formula is C17H12N4O2. The molecule has 0 bridgehead atoms. The molecule has 1 aromatic heterocycles. The van der Waals surface area contributed by atoms with E-state index in [1.54, 1.807) is 42.6 Å². The molecule has 2 aromatic carbocycles. The number of nitrogens with zero attached hydrogens (tertiary/aromatic N) is 4. The molecule has 3 aromatic rings. The monoisotopic (exact) mass is 304 g/mol. The van der Waals surface area contributed by atoms with Gasteiger partial charge < -0.3 is 4.74 Å². The summed E-state index contributed by atoms with van der Waals surface area (Å²) >= 11 is 0. The van der Waals surface area contributed by atoms with Gasteiger partial charge in [0, 0.05) is 33.3 Å². The summed E-state index contributed by atoms with van der Waals surface area (Å²) in [4.78, 5) is 18.1. The lowest BCUT2D eigenvalue weighted by atomic mass is 10.1. The normalized spacial score (nSPS) is 10.1. The number of azide groups is 1. The van der Waals surface area contributed by atoms with E-state index in [0.29, 0.717) is 28.3 Å². The van der Waals surface area contributed by atoms with E-state index >= 15 is 0 Å². The highest BCUT2D eigenvalue weighted by Gasteiger charge is 2.09. The Balaban J connectivity index is 2.07. The number of carbonyl (C=O) groups excluding carboxylic acids is 1. The van der Waals surface area contributed by atoms with Crippen LogP contribution in [-0.4, -0.2) is 11.3 Å². The Morgan fingerprint density at radius 1 is 1.22 bits per heavy atom. The van der Waals surface area contributed by atoms with Crippen molar-refractivity contribution >= 4 is 22.9 Å². The number of pyridine rings is 1. The first kappa shape index (κ1) is 14.6. The van der Waals surface area contributed by atoms with Crippen molar-refractivity contribution in [3.8, 4) is 11.5 Å². The summed E-state index contributed by atoms with van der Waals surface area (Å²) in [6.45, 7) is 1.84. The second-order valence-corrected chi connectivity index (χ2v) is 4.89. The average Bonchev–Trinajstić information content (AvgIpc) is 2.57. The summed E-state index contributed by atoms with van der Waals surface area (Å²) in [6, 6.07) is 12.3. The fraction of sp³-hybridized carbons (Fsp3) is 0.0588. The number of hydrogen-bond donors (Lipinski definition) is 0. The van der Waals surface area contributed by atoms with Crippen molar-refractivity contribution in [3.63, 3.8) is 0 Å². The third kappa shape index (κ3) is 2.84. The van der Waals surface area contributed by atoms with Crippen molar-refractivity contribution in [2.24, 2.45) is 5.11 Å². The smallest absolute Gasteiger partial charge is 0.150 e. The Morgan fingerprint density at radius 2 is 2.09 bits per heavy atom. The molecular weight excluding hydrogens is 292 g/mol. The Hall–Kier alpha value is -3.37. The summed E-state index contributed by atoms with van der Waals surface area (Å²) < 4.78 is 5.96. The first-order valence-corrected chi connectivity index (χ1v) is 6.89. The molecule has 0 saturated heterocycles. The van der Waals surface area contributed by atoms with Gasteiger partial charge in [-0.2, -0.15) is 0 Å². The second kappa shape index (κ2) is 6.17. The summed E-state index contributed by atoms with van der Waals surface area (Å²) in [5.74, 6) is 1.23. The van der Waals surface area contributed by atoms with Gasteiger partial charge in [0.25, 0.3) is 0 Å². The van der Waals surface area contributed by atoms with E-state index in [2.05, 4.69) is 15.0 Å². The Kier molecular flexibility index (Phi) is 3.91. The number of carbonyl (C=O) groups is 1. The Morgan fingerprint density at radius 3 is 2.87 bits per heavy atom. The van der Waals surface area contributed by atoms with Gasteiger partial charge in [0.2, 0.25) is 0 Å². The van der Waals surface area contributed by atoms with E-state index in [4.69, 9.17) is 10.3 Å². The first-order valence-electron chi connectivity index (χ1n) is 6.89. The number of aromatic nitrogens is 1. The standard InChI is InChI=1S/C17H12N4O2/c1-11-12(10-22)3-2-4-16(11)23-17-7-8-19-15-9-13(20-21-18)5-6-14(15)17/h2-10H,1H3. The SMILES string of the molecule is Cc1c(C=O)cccc1Oc1ccnc2cc(N=[N+]=[N-])ccc12. The van der Waals surface area contributed by atoms with Crippen LogP contribution < -0.4 is 4.74 Å². The van der Waals surface area contributed by atoms with Gasteiger partial charge in [0.15, 0.2) is 0 Å². The van der Waals surface area contributed by atoms with Crippen molar-refractivity contribution in [2.75, 3.05) is 0 Å². The van der Waals surface area contributed by atoms with E-state index in [0.717, 1.165) is 17.2 Å². The fourth-order valence-corrected chi connectivity index (χ4v) is 2.30. The maximum atomic E-state index is 11.0. The topological polar surface area (TPSA) is 88.0 Å². The van der Waals surface area contributed by atoms with Crippen LogP contribution in [0.1, 0.15) is 15.9 Å². The number of aldehydes is 1. The van der Waals surface area contributed by atoms with Crippen molar-refractivity contribution in [3.05, 3.63) is 70.2 Å². The summed E-state index contributed by atoms with van der Waals surface area (Å²) in [5.41, 5.74) is 11.0. The lowest BCUT2D eigenvalue weighted by Crippen LogP contribution is -1.93. The Labute approximate surface area is 132 Å². The van der Waals surface area contributed by atoms with Crippen LogP contribution in [0.15, 0.2) is 53.8 Å². The maximum absolute atomic E-state index is 11.0. The number of rotatable bonds is 4. The molecule has 0 aliphatic carbocycles. The lowest BCUT2D eigenvalue weighted by molar-refractivity contribution is 0.112. The summed E-state index contributed by atoms with van der Waals surface area (Å²) in [7, 11) is 0. The number of hydrogen-bond acceptors (Lipinski definition) is 4. The van der Waals surface area contributed by atoms with Gasteiger partial charge in [-0.05, 0) is 36.7 Å². The van der Waals surface area contributed by atoms with Gasteiger partial charge in [-0.3, -0.25) is 9.78 Å². The summed E-state index contributed by atoms with van der Waals surface area (Å²) in [5, 5.41) is 4.36. The van der Waals surface area contributed by atoms with Crippen molar-refractivity contribution < 1.29 is 9.53 Å². The van der Waals surface area contributed by atoms with Gasteiger partial charge >= 0.3 is 0 Å². The molecule has 0 atom stereocenters. The van der Waals surface area contributed by atoms with Gasteiger partial charge in [-0.15, -0.1) is 0 Å². The molecule has 0 amide bonds. The quantitative estimate of drug-likeness (QED) is 0.291. The van der Waals surface area contributed by atoms with Crippen LogP contribution in [0.2, 0.25) is 0 Å². The van der Waals surface area contributed by atoms with Crippen molar-refractivity contribution in [2.45, 2.75) is 6.92 Å². The van der Waals surface area contributed by atoms with Gasteiger partial charge in [0.1, 0.15) is 17.8 Å². The van der Waals surface area contributed by atoms with Crippen LogP contribution in [0, 0.1) is 6.92 Å². The molecule has 0 N–H and O–H groups in total. The zero-order valence-corrected chi connectivity index (χ0v) is 12.3. The van der Waals surface area contributed by atoms with Crippen molar-refractivity contribution in [1.82, 2.24) is 4.98 Å². The van der Waals surface area contributed by atoms with Crippen LogP contribution >= 0.6 is 0 Å². The molecule has 112 valence electrons. The zero-order valence-electron chi connectivity index (χ0n) is 12.3. The van der Waals surface area contributed by atoms with E-state index in [9.17, 15) is 4.79 Å². The van der Waals surface area contributed by atoms with Gasteiger partial charge in [-0.1, -0.05) is 23.3 Å². The van der Waals surface area contributed by atoms with E-state index in [1.165, 1.54) is 0 Å². The maximum Gasteiger partial charge on any atom is 0.150 e. The van der Waals surface area contributed by atoms with Crippen LogP contribution in [0.3, 0.4) is 0 Å². The third-order valence-electron chi connectivity index (χ3n) is 3.52. The molecule has 6 nitrogen and oxygen atoms in total. The van der Waals surface area contributed by atoms with E-state index < -0.39 is 0 Å². The van der Waals surface area contributed by atoms with Crippen molar-refractivity contribution in [1.29, 1.82) is 0 Å². The fourth-order valence-electron chi connectivity index (χ4n) is 2.30. The largest absolute Gasteiger partial charge is 0.456 e. The minimum absolute atomic E-state index is 0.490. The second-order valence-electron chi connectivity index (χ2n) is 4.89. The highest BCUT2D eigenvalue weighted by atomic mass is 16.5. The molecule has 0 unspecified atom stereocenters. The molecule has 0 spiro atoms. The van der Waals surface area contributed by atoms with Crippen LogP contribution in [-0.2, 0) is 0 Å². The molecule has 6 heteroatoms. The van der Waals surface area contributed by atoms with Crippen LogP contribution in [0.4, 0.5) is 5.69 Å². The van der Waals surface area contributed by atoms with E-state index in [1.807, 2.05) is 13.0 Å². The highest BCUT2D eigenvalue weighted by molar-refractivity contribution is 5.87. The predicted octanol–water partition coefficient (Wildman–Crippen LogP) is 5.09. The minimum atomic E-state index is 0.490. The molecule has 0 aliphatic heterocycles. The van der Waals surface area contributed by atoms with Crippen LogP contribution in [0.25, 0.3) is 21.3 Å². The third-order valence-corrected chi connectivity index (χ3v) is 3.52. The molecule has 1 heterocycles. The molecule has 3 rings (SSSR count). The van der Waals surface area contributed by atoms with E-state index in [-0.39, 0.29) is 0 Å². The number of fused-ring (bicyclic) bond motifs is 1. The summed E-state index contributed by atoms with van der Waals surface area (Å²) in [6.07, 6.45) is 2.43. The Bertz CT molecular complexity index is 946. The molecule has 0 radical (unpaired) electrons.